The molecule has 0 aliphatic rings. The highest BCUT2D eigenvalue weighted by Crippen LogP contribution is 2.21. The van der Waals surface area contributed by atoms with E-state index in [1.807, 2.05) is 22.9 Å². The van der Waals surface area contributed by atoms with Crippen molar-refractivity contribution >= 4 is 0 Å². The number of aliphatic hydroxyl groups is 1. The lowest BCUT2D eigenvalue weighted by Crippen LogP contribution is -2.11. The molecule has 0 bridgehead atoms. The Bertz CT molecular complexity index is 479. The molecule has 0 saturated heterocycles. The summed E-state index contributed by atoms with van der Waals surface area (Å²) in [5.74, 6) is 0. The summed E-state index contributed by atoms with van der Waals surface area (Å²) >= 11 is 0. The van der Waals surface area contributed by atoms with Gasteiger partial charge in [-0.05, 0) is 50.5 Å². The van der Waals surface area contributed by atoms with Crippen LogP contribution in [-0.2, 0) is 6.42 Å². The smallest absolute Gasteiger partial charge is 0.0960 e. The van der Waals surface area contributed by atoms with Gasteiger partial charge in [0.15, 0.2) is 0 Å². The predicted molar refractivity (Wildman–Crippen MR) is 70.1 cm³/mol. The molecule has 0 saturated carbocycles. The molecule has 1 atom stereocenters. The van der Waals surface area contributed by atoms with Crippen molar-refractivity contribution in [3.05, 3.63) is 48.0 Å². The third kappa shape index (κ3) is 2.96. The van der Waals surface area contributed by atoms with Gasteiger partial charge in [-0.2, -0.15) is 5.10 Å². The fourth-order valence-electron chi connectivity index (χ4n) is 2.02. The van der Waals surface area contributed by atoms with Crippen molar-refractivity contribution in [3.8, 4) is 0 Å². The van der Waals surface area contributed by atoms with Gasteiger partial charge in [-0.15, -0.1) is 0 Å². The second-order valence-corrected chi connectivity index (χ2v) is 4.70. The molecule has 2 rings (SSSR count). The minimum atomic E-state index is -0.469. The first-order valence-corrected chi connectivity index (χ1v) is 6.29. The van der Waals surface area contributed by atoms with Gasteiger partial charge in [0.05, 0.1) is 11.8 Å². The first kappa shape index (κ1) is 12.8. The highest BCUT2D eigenvalue weighted by molar-refractivity contribution is 5.11. The summed E-state index contributed by atoms with van der Waals surface area (Å²) in [7, 11) is 0. The van der Waals surface area contributed by atoms with Gasteiger partial charge in [0.1, 0.15) is 0 Å². The van der Waals surface area contributed by atoms with Crippen LogP contribution in [-0.4, -0.2) is 19.9 Å². The number of pyridine rings is 1. The van der Waals surface area contributed by atoms with Crippen LogP contribution >= 0.6 is 0 Å². The standard InChI is InChI=1S/C14H19N3O/c1-11(2)17-13(7-10-16-17)14(18)4-3-12-5-8-15-9-6-12/h5-11,14,18H,3-4H2,1-2H3. The number of rotatable bonds is 5. The van der Waals surface area contributed by atoms with Gasteiger partial charge in [0.2, 0.25) is 0 Å². The average Bonchev–Trinajstić information content (AvgIpc) is 2.86. The van der Waals surface area contributed by atoms with Crippen molar-refractivity contribution in [2.75, 3.05) is 0 Å². The number of nitrogens with zero attached hydrogens (tertiary/aromatic N) is 3. The maximum atomic E-state index is 10.2. The maximum Gasteiger partial charge on any atom is 0.0960 e. The van der Waals surface area contributed by atoms with Crippen molar-refractivity contribution < 1.29 is 5.11 Å². The number of hydrogen-bond donors (Lipinski definition) is 1. The van der Waals surface area contributed by atoms with Crippen molar-refractivity contribution in [1.82, 2.24) is 14.8 Å². The van der Waals surface area contributed by atoms with Gasteiger partial charge in [-0.25, -0.2) is 0 Å². The fourth-order valence-corrected chi connectivity index (χ4v) is 2.02. The zero-order valence-corrected chi connectivity index (χ0v) is 10.8. The van der Waals surface area contributed by atoms with E-state index >= 15 is 0 Å². The van der Waals surface area contributed by atoms with E-state index in [1.54, 1.807) is 18.6 Å². The minimum Gasteiger partial charge on any atom is -0.387 e. The van der Waals surface area contributed by atoms with Crippen LogP contribution in [0.1, 0.15) is 43.7 Å². The second-order valence-electron chi connectivity index (χ2n) is 4.70. The zero-order chi connectivity index (χ0) is 13.0. The van der Waals surface area contributed by atoms with Crippen LogP contribution in [0.4, 0.5) is 0 Å². The Labute approximate surface area is 107 Å². The molecule has 0 amide bonds. The molecule has 4 heteroatoms. The molecule has 1 N–H and O–H groups in total. The van der Waals surface area contributed by atoms with Gasteiger partial charge in [-0.1, -0.05) is 0 Å². The van der Waals surface area contributed by atoms with Crippen LogP contribution in [0.25, 0.3) is 0 Å². The van der Waals surface area contributed by atoms with E-state index < -0.39 is 6.10 Å². The van der Waals surface area contributed by atoms with E-state index in [9.17, 15) is 5.11 Å². The minimum absolute atomic E-state index is 0.269. The van der Waals surface area contributed by atoms with Crippen molar-refractivity contribution in [3.63, 3.8) is 0 Å². The van der Waals surface area contributed by atoms with Gasteiger partial charge >= 0.3 is 0 Å². The summed E-state index contributed by atoms with van der Waals surface area (Å²) < 4.78 is 1.87. The maximum absolute atomic E-state index is 10.2. The molecular weight excluding hydrogens is 226 g/mol. The predicted octanol–water partition coefficient (Wildman–Crippen LogP) is 2.53. The summed E-state index contributed by atoms with van der Waals surface area (Å²) in [6, 6.07) is 6.11. The van der Waals surface area contributed by atoms with E-state index in [2.05, 4.69) is 23.9 Å². The number of hydrogen-bond acceptors (Lipinski definition) is 3. The molecule has 0 aliphatic heterocycles. The Morgan fingerprint density at radius 1 is 1.17 bits per heavy atom. The lowest BCUT2D eigenvalue weighted by Gasteiger charge is -2.15. The highest BCUT2D eigenvalue weighted by atomic mass is 16.3. The largest absolute Gasteiger partial charge is 0.387 e. The molecule has 0 spiro atoms. The van der Waals surface area contributed by atoms with E-state index in [0.717, 1.165) is 12.1 Å². The summed E-state index contributed by atoms with van der Waals surface area (Å²) in [6.45, 7) is 4.12. The molecule has 2 aromatic rings. The van der Waals surface area contributed by atoms with E-state index in [-0.39, 0.29) is 6.04 Å². The normalized spacial score (nSPS) is 12.9. The third-order valence-corrected chi connectivity index (χ3v) is 2.99. The SMILES string of the molecule is CC(C)n1nccc1C(O)CCc1ccncc1. The number of aliphatic hydroxyl groups excluding tert-OH is 1. The Morgan fingerprint density at radius 3 is 2.56 bits per heavy atom. The van der Waals surface area contributed by atoms with E-state index in [1.165, 1.54) is 5.56 Å². The Hall–Kier alpha value is -1.68. The molecule has 0 aromatic carbocycles. The van der Waals surface area contributed by atoms with Gasteiger partial charge < -0.3 is 5.11 Å². The van der Waals surface area contributed by atoms with E-state index in [4.69, 9.17) is 0 Å². The summed E-state index contributed by atoms with van der Waals surface area (Å²) in [5, 5.41) is 14.5. The van der Waals surface area contributed by atoms with Crippen LogP contribution in [0.15, 0.2) is 36.8 Å². The molecular formula is C14H19N3O. The van der Waals surface area contributed by atoms with Gasteiger partial charge in [-0.3, -0.25) is 9.67 Å². The topological polar surface area (TPSA) is 50.9 Å². The quantitative estimate of drug-likeness (QED) is 0.880. The molecule has 0 radical (unpaired) electrons. The summed E-state index contributed by atoms with van der Waals surface area (Å²) in [6.07, 6.45) is 6.36. The Morgan fingerprint density at radius 2 is 1.89 bits per heavy atom. The molecule has 2 aromatic heterocycles. The molecule has 0 aliphatic carbocycles. The van der Waals surface area contributed by atoms with Gasteiger partial charge in [0, 0.05) is 24.6 Å². The Balaban J connectivity index is 1.99. The molecule has 4 nitrogen and oxygen atoms in total. The van der Waals surface area contributed by atoms with Gasteiger partial charge in [0.25, 0.3) is 0 Å². The second kappa shape index (κ2) is 5.78. The third-order valence-electron chi connectivity index (χ3n) is 2.99. The molecule has 0 fully saturated rings. The summed E-state index contributed by atoms with van der Waals surface area (Å²) in [5.41, 5.74) is 2.08. The first-order valence-electron chi connectivity index (χ1n) is 6.29. The monoisotopic (exact) mass is 245 g/mol. The van der Waals surface area contributed by atoms with Crippen LogP contribution in [0, 0.1) is 0 Å². The van der Waals surface area contributed by atoms with Crippen molar-refractivity contribution in [2.45, 2.75) is 38.8 Å². The van der Waals surface area contributed by atoms with Crippen LogP contribution in [0.5, 0.6) is 0 Å². The zero-order valence-electron chi connectivity index (χ0n) is 10.8. The lowest BCUT2D eigenvalue weighted by molar-refractivity contribution is 0.154. The van der Waals surface area contributed by atoms with E-state index in [0.29, 0.717) is 6.42 Å². The summed E-state index contributed by atoms with van der Waals surface area (Å²) in [4.78, 5) is 3.98. The van der Waals surface area contributed by atoms with Crippen LogP contribution < -0.4 is 0 Å². The van der Waals surface area contributed by atoms with Crippen molar-refractivity contribution in [2.24, 2.45) is 0 Å². The van der Waals surface area contributed by atoms with Crippen LogP contribution in [0.2, 0.25) is 0 Å². The first-order chi connectivity index (χ1) is 8.68. The molecule has 1 unspecified atom stereocenters. The lowest BCUT2D eigenvalue weighted by atomic mass is 10.1. The van der Waals surface area contributed by atoms with Crippen LogP contribution in [0.3, 0.4) is 0 Å². The number of aromatic nitrogens is 3. The molecule has 96 valence electrons. The molecule has 18 heavy (non-hydrogen) atoms. The Kier molecular flexibility index (Phi) is 4.10. The highest BCUT2D eigenvalue weighted by Gasteiger charge is 2.14. The molecule has 2 heterocycles. The van der Waals surface area contributed by atoms with Crippen molar-refractivity contribution in [1.29, 1.82) is 0 Å². The fraction of sp³-hybridized carbons (Fsp3) is 0.429. The number of aryl methyl sites for hydroxylation is 1. The average molecular weight is 245 g/mol.